The van der Waals surface area contributed by atoms with E-state index in [9.17, 15) is 9.18 Å². The first kappa shape index (κ1) is 13.3. The van der Waals surface area contributed by atoms with Crippen molar-refractivity contribution >= 4 is 22.5 Å². The molecule has 4 nitrogen and oxygen atoms in total. The van der Waals surface area contributed by atoms with Gasteiger partial charge in [0.25, 0.3) is 0 Å². The average Bonchev–Trinajstić information content (AvgIpc) is 2.85. The SMILES string of the molecule is Cc1cc(F)ccc1NC(=O)Cn1ncc2ccccc21. The van der Waals surface area contributed by atoms with E-state index in [0.717, 1.165) is 10.9 Å². The number of rotatable bonds is 3. The monoisotopic (exact) mass is 283 g/mol. The zero-order valence-electron chi connectivity index (χ0n) is 11.5. The van der Waals surface area contributed by atoms with Crippen molar-refractivity contribution in [2.24, 2.45) is 0 Å². The van der Waals surface area contributed by atoms with Crippen LogP contribution in [0.3, 0.4) is 0 Å². The van der Waals surface area contributed by atoms with Crippen LogP contribution < -0.4 is 5.32 Å². The van der Waals surface area contributed by atoms with Crippen LogP contribution in [0.2, 0.25) is 0 Å². The largest absolute Gasteiger partial charge is 0.324 e. The minimum absolute atomic E-state index is 0.115. The number of aryl methyl sites for hydroxylation is 1. The summed E-state index contributed by atoms with van der Waals surface area (Å²) in [7, 11) is 0. The average molecular weight is 283 g/mol. The summed E-state index contributed by atoms with van der Waals surface area (Å²) in [4.78, 5) is 12.1. The fraction of sp³-hybridized carbons (Fsp3) is 0.125. The molecule has 0 aliphatic carbocycles. The van der Waals surface area contributed by atoms with Crippen molar-refractivity contribution in [2.75, 3.05) is 5.32 Å². The van der Waals surface area contributed by atoms with E-state index in [-0.39, 0.29) is 18.3 Å². The van der Waals surface area contributed by atoms with Crippen LogP contribution in [0.1, 0.15) is 5.56 Å². The number of carbonyl (C=O) groups excluding carboxylic acids is 1. The lowest BCUT2D eigenvalue weighted by Gasteiger charge is -2.09. The van der Waals surface area contributed by atoms with Gasteiger partial charge >= 0.3 is 0 Å². The number of halogens is 1. The zero-order valence-corrected chi connectivity index (χ0v) is 11.5. The summed E-state index contributed by atoms with van der Waals surface area (Å²) in [5.41, 5.74) is 2.20. The van der Waals surface area contributed by atoms with Crippen LogP contribution in [-0.2, 0) is 11.3 Å². The number of para-hydroxylation sites is 1. The summed E-state index contributed by atoms with van der Waals surface area (Å²) < 4.78 is 14.7. The number of benzene rings is 2. The molecule has 3 rings (SSSR count). The molecule has 0 aliphatic heterocycles. The van der Waals surface area contributed by atoms with E-state index in [1.165, 1.54) is 12.1 Å². The number of hydrogen-bond acceptors (Lipinski definition) is 2. The van der Waals surface area contributed by atoms with Crippen LogP contribution in [0, 0.1) is 12.7 Å². The molecule has 0 saturated heterocycles. The summed E-state index contributed by atoms with van der Waals surface area (Å²) in [5.74, 6) is -0.512. The van der Waals surface area contributed by atoms with Crippen molar-refractivity contribution in [3.63, 3.8) is 0 Å². The van der Waals surface area contributed by atoms with Gasteiger partial charge in [0, 0.05) is 11.1 Å². The number of nitrogens with zero attached hydrogens (tertiary/aromatic N) is 2. The molecule has 21 heavy (non-hydrogen) atoms. The molecule has 1 amide bonds. The molecule has 0 unspecified atom stereocenters. The molecule has 0 atom stereocenters. The fourth-order valence-corrected chi connectivity index (χ4v) is 2.24. The first-order valence-electron chi connectivity index (χ1n) is 6.60. The van der Waals surface area contributed by atoms with Crippen molar-refractivity contribution in [1.82, 2.24) is 9.78 Å². The van der Waals surface area contributed by atoms with Crippen molar-refractivity contribution in [1.29, 1.82) is 0 Å². The molecule has 0 bridgehead atoms. The van der Waals surface area contributed by atoms with E-state index >= 15 is 0 Å². The molecule has 3 aromatic rings. The number of nitrogens with one attached hydrogen (secondary N) is 1. The molecule has 5 heteroatoms. The van der Waals surface area contributed by atoms with E-state index in [4.69, 9.17) is 0 Å². The van der Waals surface area contributed by atoms with E-state index in [0.29, 0.717) is 11.3 Å². The van der Waals surface area contributed by atoms with E-state index in [2.05, 4.69) is 10.4 Å². The van der Waals surface area contributed by atoms with Crippen LogP contribution in [0.25, 0.3) is 10.9 Å². The molecule has 1 N–H and O–H groups in total. The molecule has 0 fully saturated rings. The Bertz CT molecular complexity index is 810. The maximum Gasteiger partial charge on any atom is 0.246 e. The van der Waals surface area contributed by atoms with Crippen LogP contribution in [0.4, 0.5) is 10.1 Å². The number of aromatic nitrogens is 2. The van der Waals surface area contributed by atoms with Gasteiger partial charge < -0.3 is 5.32 Å². The Morgan fingerprint density at radius 3 is 2.90 bits per heavy atom. The Kier molecular flexibility index (Phi) is 3.39. The van der Waals surface area contributed by atoms with Gasteiger partial charge in [0.15, 0.2) is 0 Å². The topological polar surface area (TPSA) is 46.9 Å². The van der Waals surface area contributed by atoms with Gasteiger partial charge in [-0.15, -0.1) is 0 Å². The maximum atomic E-state index is 13.0. The highest BCUT2D eigenvalue weighted by atomic mass is 19.1. The molecule has 0 saturated carbocycles. The molecule has 1 aromatic heterocycles. The molecular weight excluding hydrogens is 269 g/mol. The Morgan fingerprint density at radius 2 is 2.10 bits per heavy atom. The van der Waals surface area contributed by atoms with Crippen molar-refractivity contribution in [2.45, 2.75) is 13.5 Å². The van der Waals surface area contributed by atoms with Crippen LogP contribution >= 0.6 is 0 Å². The van der Waals surface area contributed by atoms with Crippen LogP contribution in [0.15, 0.2) is 48.7 Å². The third kappa shape index (κ3) is 2.76. The van der Waals surface area contributed by atoms with Gasteiger partial charge in [-0.1, -0.05) is 18.2 Å². The molecule has 1 heterocycles. The molecular formula is C16H14FN3O. The Hall–Kier alpha value is -2.69. The Balaban J connectivity index is 1.77. The van der Waals surface area contributed by atoms with Gasteiger partial charge in [0.2, 0.25) is 5.91 Å². The van der Waals surface area contributed by atoms with E-state index in [1.54, 1.807) is 23.9 Å². The minimum atomic E-state index is -0.316. The summed E-state index contributed by atoms with van der Waals surface area (Å²) in [5, 5.41) is 7.97. The number of amides is 1. The molecule has 0 radical (unpaired) electrons. The number of hydrogen-bond donors (Lipinski definition) is 1. The lowest BCUT2D eigenvalue weighted by molar-refractivity contribution is -0.116. The first-order valence-corrected chi connectivity index (χ1v) is 6.60. The minimum Gasteiger partial charge on any atom is -0.324 e. The van der Waals surface area contributed by atoms with Crippen molar-refractivity contribution in [3.05, 3.63) is 60.0 Å². The smallest absolute Gasteiger partial charge is 0.246 e. The van der Waals surface area contributed by atoms with Gasteiger partial charge in [-0.25, -0.2) is 4.39 Å². The van der Waals surface area contributed by atoms with Crippen molar-refractivity contribution in [3.8, 4) is 0 Å². The lowest BCUT2D eigenvalue weighted by atomic mass is 10.2. The highest BCUT2D eigenvalue weighted by Gasteiger charge is 2.09. The number of carbonyl (C=O) groups is 1. The number of fused-ring (bicyclic) bond motifs is 1. The van der Waals surface area contributed by atoms with Gasteiger partial charge in [-0.05, 0) is 36.8 Å². The summed E-state index contributed by atoms with van der Waals surface area (Å²) >= 11 is 0. The Morgan fingerprint density at radius 1 is 1.29 bits per heavy atom. The summed E-state index contributed by atoms with van der Waals surface area (Å²) in [6.45, 7) is 1.87. The highest BCUT2D eigenvalue weighted by molar-refractivity contribution is 5.92. The van der Waals surface area contributed by atoms with Crippen LogP contribution in [0.5, 0.6) is 0 Å². The fourth-order valence-electron chi connectivity index (χ4n) is 2.24. The summed E-state index contributed by atoms with van der Waals surface area (Å²) in [6, 6.07) is 12.0. The Labute approximate surface area is 121 Å². The quantitative estimate of drug-likeness (QED) is 0.802. The van der Waals surface area contributed by atoms with Gasteiger partial charge in [0.05, 0.1) is 11.7 Å². The number of anilines is 1. The van der Waals surface area contributed by atoms with E-state index < -0.39 is 0 Å². The lowest BCUT2D eigenvalue weighted by Crippen LogP contribution is -2.19. The normalized spacial score (nSPS) is 10.8. The van der Waals surface area contributed by atoms with Gasteiger partial charge in [-0.2, -0.15) is 5.10 Å². The third-order valence-corrected chi connectivity index (χ3v) is 3.31. The summed E-state index contributed by atoms with van der Waals surface area (Å²) in [6.07, 6.45) is 1.73. The van der Waals surface area contributed by atoms with Gasteiger partial charge in [-0.3, -0.25) is 9.48 Å². The molecule has 2 aromatic carbocycles. The third-order valence-electron chi connectivity index (χ3n) is 3.31. The second kappa shape index (κ2) is 5.36. The molecule has 0 spiro atoms. The predicted molar refractivity (Wildman–Crippen MR) is 79.5 cm³/mol. The zero-order chi connectivity index (χ0) is 14.8. The first-order chi connectivity index (χ1) is 10.1. The predicted octanol–water partition coefficient (Wildman–Crippen LogP) is 3.12. The van der Waals surface area contributed by atoms with Gasteiger partial charge in [0.1, 0.15) is 12.4 Å². The standard InChI is InChI=1S/C16H14FN3O/c1-11-8-13(17)6-7-14(11)19-16(21)10-20-15-5-3-2-4-12(15)9-18-20/h2-9H,10H2,1H3,(H,19,21). The highest BCUT2D eigenvalue weighted by Crippen LogP contribution is 2.16. The molecule has 106 valence electrons. The second-order valence-corrected chi connectivity index (χ2v) is 4.87. The van der Waals surface area contributed by atoms with Crippen LogP contribution in [-0.4, -0.2) is 15.7 Å². The second-order valence-electron chi connectivity index (χ2n) is 4.87. The van der Waals surface area contributed by atoms with E-state index in [1.807, 2.05) is 24.3 Å². The van der Waals surface area contributed by atoms with Crippen molar-refractivity contribution < 1.29 is 9.18 Å². The maximum absolute atomic E-state index is 13.0. The molecule has 0 aliphatic rings.